The largest absolute Gasteiger partial charge is 0.465 e. The zero-order valence-electron chi connectivity index (χ0n) is 12.0. The van der Waals surface area contributed by atoms with Gasteiger partial charge in [-0.3, -0.25) is 4.72 Å². The average Bonchev–Trinajstić information content (AvgIpc) is 2.49. The van der Waals surface area contributed by atoms with Crippen LogP contribution < -0.4 is 4.72 Å². The van der Waals surface area contributed by atoms with Crippen molar-refractivity contribution in [3.8, 4) is 0 Å². The lowest BCUT2D eigenvalue weighted by molar-refractivity contribution is 0.0600. The summed E-state index contributed by atoms with van der Waals surface area (Å²) in [6, 6.07) is 9.40. The zero-order valence-corrected chi connectivity index (χ0v) is 12.8. The fourth-order valence-corrected chi connectivity index (χ4v) is 2.83. The number of hydrogen-bond donors (Lipinski definition) is 1. The van der Waals surface area contributed by atoms with E-state index in [4.69, 9.17) is 0 Å². The quantitative estimate of drug-likeness (QED) is 0.878. The molecule has 2 aromatic carbocycles. The molecule has 0 radical (unpaired) electrons. The first-order valence-electron chi connectivity index (χ1n) is 6.31. The fourth-order valence-electron chi connectivity index (χ4n) is 1.77. The van der Waals surface area contributed by atoms with E-state index in [0.29, 0.717) is 0 Å². The number of anilines is 1. The number of carbonyl (C=O) groups is 1. The third kappa shape index (κ3) is 3.43. The van der Waals surface area contributed by atoms with Crippen LogP contribution in [0.2, 0.25) is 0 Å². The SMILES string of the molecule is COC(=O)c1ccc(F)c(NS(=O)(=O)c2ccc(C)cc2)c1. The molecule has 0 fully saturated rings. The van der Waals surface area contributed by atoms with Crippen LogP contribution in [-0.4, -0.2) is 21.5 Å². The predicted molar refractivity (Wildman–Crippen MR) is 79.7 cm³/mol. The van der Waals surface area contributed by atoms with Gasteiger partial charge in [-0.2, -0.15) is 0 Å². The summed E-state index contributed by atoms with van der Waals surface area (Å²) in [6.45, 7) is 1.82. The van der Waals surface area contributed by atoms with Gasteiger partial charge in [0.1, 0.15) is 5.82 Å². The Balaban J connectivity index is 2.37. The number of sulfonamides is 1. The Kier molecular flexibility index (Phi) is 4.46. The van der Waals surface area contributed by atoms with Crippen LogP contribution in [0.3, 0.4) is 0 Å². The molecule has 0 aliphatic carbocycles. The van der Waals surface area contributed by atoms with Crippen LogP contribution in [0.25, 0.3) is 0 Å². The summed E-state index contributed by atoms with van der Waals surface area (Å²) < 4.78 is 44.9. The first-order valence-corrected chi connectivity index (χ1v) is 7.79. The monoisotopic (exact) mass is 323 g/mol. The molecular weight excluding hydrogens is 309 g/mol. The van der Waals surface area contributed by atoms with Crippen molar-refractivity contribution >= 4 is 21.7 Å². The summed E-state index contributed by atoms with van der Waals surface area (Å²) in [7, 11) is -2.76. The fraction of sp³-hybridized carbons (Fsp3) is 0.133. The van der Waals surface area contributed by atoms with E-state index >= 15 is 0 Å². The Morgan fingerprint density at radius 1 is 1.14 bits per heavy atom. The van der Waals surface area contributed by atoms with Crippen molar-refractivity contribution in [3.05, 3.63) is 59.4 Å². The van der Waals surface area contributed by atoms with Gasteiger partial charge in [-0.25, -0.2) is 17.6 Å². The summed E-state index contributed by atoms with van der Waals surface area (Å²) in [5, 5.41) is 0. The summed E-state index contributed by atoms with van der Waals surface area (Å²) in [5.41, 5.74) is 0.631. The molecule has 1 N–H and O–H groups in total. The first-order chi connectivity index (χ1) is 10.3. The van der Waals surface area contributed by atoms with E-state index in [1.165, 1.54) is 25.3 Å². The number of rotatable bonds is 4. The van der Waals surface area contributed by atoms with Gasteiger partial charge in [0.15, 0.2) is 0 Å². The molecule has 7 heteroatoms. The maximum atomic E-state index is 13.8. The number of ether oxygens (including phenoxy) is 1. The smallest absolute Gasteiger partial charge is 0.337 e. The molecule has 0 aliphatic heterocycles. The van der Waals surface area contributed by atoms with Gasteiger partial charge in [0.2, 0.25) is 0 Å². The summed E-state index contributed by atoms with van der Waals surface area (Å²) in [4.78, 5) is 11.4. The van der Waals surface area contributed by atoms with Crippen LogP contribution in [0.1, 0.15) is 15.9 Å². The molecule has 0 atom stereocenters. The van der Waals surface area contributed by atoms with Crippen LogP contribution in [0.4, 0.5) is 10.1 Å². The van der Waals surface area contributed by atoms with E-state index in [9.17, 15) is 17.6 Å². The lowest BCUT2D eigenvalue weighted by Crippen LogP contribution is -2.14. The third-order valence-corrected chi connectivity index (χ3v) is 4.34. The van der Waals surface area contributed by atoms with Crippen LogP contribution in [-0.2, 0) is 14.8 Å². The van der Waals surface area contributed by atoms with E-state index in [-0.39, 0.29) is 16.1 Å². The number of carbonyl (C=O) groups excluding carboxylic acids is 1. The summed E-state index contributed by atoms with van der Waals surface area (Å²) in [6.07, 6.45) is 0. The Labute approximate surface area is 127 Å². The van der Waals surface area contributed by atoms with Crippen molar-refractivity contribution in [2.24, 2.45) is 0 Å². The Hall–Kier alpha value is -2.41. The maximum Gasteiger partial charge on any atom is 0.337 e. The van der Waals surface area contributed by atoms with Gasteiger partial charge in [0.25, 0.3) is 10.0 Å². The van der Waals surface area contributed by atoms with Crippen LogP contribution in [0, 0.1) is 12.7 Å². The van der Waals surface area contributed by atoms with Gasteiger partial charge < -0.3 is 4.74 Å². The number of aryl methyl sites for hydroxylation is 1. The van der Waals surface area contributed by atoms with Crippen molar-refractivity contribution in [1.82, 2.24) is 0 Å². The third-order valence-electron chi connectivity index (χ3n) is 2.96. The van der Waals surface area contributed by atoms with Crippen LogP contribution in [0.5, 0.6) is 0 Å². The van der Waals surface area contributed by atoms with Crippen molar-refractivity contribution in [3.63, 3.8) is 0 Å². The van der Waals surface area contributed by atoms with Gasteiger partial charge in [0, 0.05) is 0 Å². The first kappa shape index (κ1) is 16.0. The minimum Gasteiger partial charge on any atom is -0.465 e. The number of benzene rings is 2. The van der Waals surface area contributed by atoms with Gasteiger partial charge in [-0.15, -0.1) is 0 Å². The second kappa shape index (κ2) is 6.15. The second-order valence-corrected chi connectivity index (χ2v) is 6.29. The van der Waals surface area contributed by atoms with Gasteiger partial charge in [-0.1, -0.05) is 17.7 Å². The Morgan fingerprint density at radius 3 is 2.36 bits per heavy atom. The lowest BCUT2D eigenvalue weighted by Gasteiger charge is -2.10. The topological polar surface area (TPSA) is 72.5 Å². The molecule has 0 amide bonds. The minimum atomic E-state index is -3.94. The number of hydrogen-bond acceptors (Lipinski definition) is 4. The summed E-state index contributed by atoms with van der Waals surface area (Å²) in [5.74, 6) is -1.47. The summed E-state index contributed by atoms with van der Waals surface area (Å²) >= 11 is 0. The Bertz CT molecular complexity index is 801. The zero-order chi connectivity index (χ0) is 16.3. The number of nitrogens with one attached hydrogen (secondary N) is 1. The molecule has 0 heterocycles. The second-order valence-electron chi connectivity index (χ2n) is 4.60. The van der Waals surface area contributed by atoms with Crippen molar-refractivity contribution in [2.45, 2.75) is 11.8 Å². The highest BCUT2D eigenvalue weighted by Gasteiger charge is 2.17. The highest BCUT2D eigenvalue weighted by molar-refractivity contribution is 7.92. The highest BCUT2D eigenvalue weighted by atomic mass is 32.2. The van der Waals surface area contributed by atoms with Crippen molar-refractivity contribution < 1.29 is 22.3 Å². The molecule has 0 bridgehead atoms. The normalized spacial score (nSPS) is 11.0. The molecular formula is C15H14FNO4S. The van der Waals surface area contributed by atoms with Crippen molar-refractivity contribution in [2.75, 3.05) is 11.8 Å². The highest BCUT2D eigenvalue weighted by Crippen LogP contribution is 2.21. The molecule has 22 heavy (non-hydrogen) atoms. The van der Waals surface area contributed by atoms with E-state index in [2.05, 4.69) is 9.46 Å². The molecule has 0 aliphatic rings. The van der Waals surface area contributed by atoms with E-state index in [1.807, 2.05) is 6.92 Å². The molecule has 5 nitrogen and oxygen atoms in total. The Morgan fingerprint density at radius 2 is 1.77 bits per heavy atom. The number of halogens is 1. The molecule has 116 valence electrons. The number of esters is 1. The predicted octanol–water partition coefficient (Wildman–Crippen LogP) is 2.72. The van der Waals surface area contributed by atoms with E-state index < -0.39 is 21.8 Å². The molecule has 0 saturated carbocycles. The lowest BCUT2D eigenvalue weighted by atomic mass is 10.2. The van der Waals surface area contributed by atoms with Gasteiger partial charge in [0.05, 0.1) is 23.3 Å². The number of methoxy groups -OCH3 is 1. The van der Waals surface area contributed by atoms with E-state index in [1.54, 1.807) is 12.1 Å². The van der Waals surface area contributed by atoms with Gasteiger partial charge >= 0.3 is 5.97 Å². The van der Waals surface area contributed by atoms with Gasteiger partial charge in [-0.05, 0) is 37.3 Å². The molecule has 2 aromatic rings. The molecule has 0 aromatic heterocycles. The van der Waals surface area contributed by atoms with Crippen LogP contribution >= 0.6 is 0 Å². The standard InChI is InChI=1S/C15H14FNO4S/c1-10-3-6-12(7-4-10)22(19,20)17-14-9-11(15(18)21-2)5-8-13(14)16/h3-9,17H,1-2H3. The van der Waals surface area contributed by atoms with E-state index in [0.717, 1.165) is 17.7 Å². The molecule has 0 spiro atoms. The van der Waals surface area contributed by atoms with Crippen LogP contribution in [0.15, 0.2) is 47.4 Å². The average molecular weight is 323 g/mol. The molecule has 2 rings (SSSR count). The minimum absolute atomic E-state index is 0.000899. The molecule has 0 unspecified atom stereocenters. The molecule has 0 saturated heterocycles. The maximum absolute atomic E-state index is 13.8. The van der Waals surface area contributed by atoms with Crippen molar-refractivity contribution in [1.29, 1.82) is 0 Å².